The van der Waals surface area contributed by atoms with Crippen LogP contribution in [0, 0.1) is 11.7 Å². The van der Waals surface area contributed by atoms with Gasteiger partial charge in [0.05, 0.1) is 0 Å². The Morgan fingerprint density at radius 3 is 2.76 bits per heavy atom. The van der Waals surface area contributed by atoms with Gasteiger partial charge in [-0.25, -0.2) is 4.39 Å². The molecule has 0 spiro atoms. The van der Waals surface area contributed by atoms with E-state index in [4.69, 9.17) is 11.6 Å². The summed E-state index contributed by atoms with van der Waals surface area (Å²) in [5, 5.41) is 3.73. The largest absolute Gasteiger partial charge is 0.342 e. The van der Waals surface area contributed by atoms with Crippen LogP contribution >= 0.6 is 11.6 Å². The van der Waals surface area contributed by atoms with E-state index in [2.05, 4.69) is 5.32 Å². The highest BCUT2D eigenvalue weighted by Crippen LogP contribution is 2.51. The fourth-order valence-electron chi connectivity index (χ4n) is 3.29. The van der Waals surface area contributed by atoms with Crippen molar-refractivity contribution in [2.24, 2.45) is 5.92 Å². The maximum atomic E-state index is 13.9. The van der Waals surface area contributed by atoms with Gasteiger partial charge in [0.1, 0.15) is 5.82 Å². The van der Waals surface area contributed by atoms with Crippen LogP contribution in [0.1, 0.15) is 30.7 Å². The topological polar surface area (TPSA) is 32.3 Å². The van der Waals surface area contributed by atoms with Crippen LogP contribution < -0.4 is 5.32 Å². The van der Waals surface area contributed by atoms with Crippen LogP contribution in [0.15, 0.2) is 18.2 Å². The molecule has 0 radical (unpaired) electrons. The summed E-state index contributed by atoms with van der Waals surface area (Å²) in [5.41, 5.74) is 0.510. The molecule has 0 bridgehead atoms. The predicted octanol–water partition coefficient (Wildman–Crippen LogP) is 2.79. The van der Waals surface area contributed by atoms with Gasteiger partial charge in [-0.2, -0.15) is 0 Å². The number of halogens is 2. The molecule has 2 atom stereocenters. The maximum absolute atomic E-state index is 13.9. The molecule has 0 unspecified atom stereocenters. The van der Waals surface area contributed by atoms with Crippen molar-refractivity contribution in [1.82, 2.24) is 10.2 Å². The smallest absolute Gasteiger partial charge is 0.226 e. The molecular formula is C16H20ClFN2O. The molecule has 1 aliphatic carbocycles. The third kappa shape index (κ3) is 2.92. The van der Waals surface area contributed by atoms with Crippen molar-refractivity contribution in [3.63, 3.8) is 0 Å². The predicted molar refractivity (Wildman–Crippen MR) is 80.9 cm³/mol. The van der Waals surface area contributed by atoms with E-state index in [9.17, 15) is 9.18 Å². The summed E-state index contributed by atoms with van der Waals surface area (Å²) in [6.45, 7) is 1.91. The van der Waals surface area contributed by atoms with E-state index < -0.39 is 0 Å². The number of piperidine rings is 1. The second-order valence-electron chi connectivity index (χ2n) is 6.01. The summed E-state index contributed by atoms with van der Waals surface area (Å²) in [4.78, 5) is 14.4. The van der Waals surface area contributed by atoms with Gasteiger partial charge in [0, 0.05) is 35.5 Å². The molecule has 1 saturated heterocycles. The summed E-state index contributed by atoms with van der Waals surface area (Å²) in [6.07, 6.45) is 2.68. The van der Waals surface area contributed by atoms with Crippen LogP contribution in [-0.2, 0) is 4.79 Å². The first-order valence-electron chi connectivity index (χ1n) is 7.51. The summed E-state index contributed by atoms with van der Waals surface area (Å²) in [6, 6.07) is 5.01. The van der Waals surface area contributed by atoms with Crippen LogP contribution in [-0.4, -0.2) is 37.0 Å². The molecular weight excluding hydrogens is 291 g/mol. The number of nitrogens with one attached hydrogen (secondary N) is 1. The van der Waals surface area contributed by atoms with Gasteiger partial charge in [-0.05, 0) is 44.5 Å². The van der Waals surface area contributed by atoms with E-state index in [1.54, 1.807) is 12.1 Å². The molecule has 2 fully saturated rings. The number of amides is 1. The zero-order chi connectivity index (χ0) is 15.0. The van der Waals surface area contributed by atoms with Crippen molar-refractivity contribution >= 4 is 17.5 Å². The zero-order valence-corrected chi connectivity index (χ0v) is 12.9. The van der Waals surface area contributed by atoms with Crippen LogP contribution in [0.25, 0.3) is 0 Å². The Balaban J connectivity index is 1.68. The SMILES string of the molecule is CN(C(=O)[C@@H]1C[C@@H]1c1c(F)cccc1Cl)C1CCNCC1. The summed E-state index contributed by atoms with van der Waals surface area (Å²) >= 11 is 6.09. The fourth-order valence-corrected chi connectivity index (χ4v) is 3.59. The van der Waals surface area contributed by atoms with Crippen molar-refractivity contribution in [3.05, 3.63) is 34.6 Å². The molecule has 21 heavy (non-hydrogen) atoms. The Hall–Kier alpha value is -1.13. The first-order valence-corrected chi connectivity index (χ1v) is 7.88. The van der Waals surface area contributed by atoms with E-state index in [-0.39, 0.29) is 23.6 Å². The van der Waals surface area contributed by atoms with E-state index in [0.717, 1.165) is 25.9 Å². The molecule has 1 saturated carbocycles. The molecule has 114 valence electrons. The minimum Gasteiger partial charge on any atom is -0.342 e. The lowest BCUT2D eigenvalue weighted by molar-refractivity contribution is -0.133. The molecule has 1 aromatic carbocycles. The van der Waals surface area contributed by atoms with E-state index in [0.29, 0.717) is 23.0 Å². The van der Waals surface area contributed by atoms with Crippen molar-refractivity contribution in [2.75, 3.05) is 20.1 Å². The average molecular weight is 311 g/mol. The maximum Gasteiger partial charge on any atom is 0.226 e. The molecule has 0 aromatic heterocycles. The highest BCUT2D eigenvalue weighted by Gasteiger charge is 2.48. The van der Waals surface area contributed by atoms with Gasteiger partial charge in [0.25, 0.3) is 0 Å². The molecule has 1 aromatic rings. The van der Waals surface area contributed by atoms with Gasteiger partial charge in [0.15, 0.2) is 0 Å². The molecule has 3 nitrogen and oxygen atoms in total. The molecule has 1 aliphatic heterocycles. The van der Waals surface area contributed by atoms with Crippen LogP contribution in [0.4, 0.5) is 4.39 Å². The lowest BCUT2D eigenvalue weighted by Crippen LogP contribution is -2.44. The Morgan fingerprint density at radius 2 is 2.10 bits per heavy atom. The highest BCUT2D eigenvalue weighted by atomic mass is 35.5. The molecule has 1 heterocycles. The Bertz CT molecular complexity index is 525. The van der Waals surface area contributed by atoms with E-state index in [1.165, 1.54) is 6.07 Å². The monoisotopic (exact) mass is 310 g/mol. The lowest BCUT2D eigenvalue weighted by Gasteiger charge is -2.32. The molecule has 1 amide bonds. The van der Waals surface area contributed by atoms with Gasteiger partial charge in [0.2, 0.25) is 5.91 Å². The number of carbonyl (C=O) groups is 1. The van der Waals surface area contributed by atoms with Crippen molar-refractivity contribution in [3.8, 4) is 0 Å². The van der Waals surface area contributed by atoms with Gasteiger partial charge < -0.3 is 10.2 Å². The summed E-state index contributed by atoms with van der Waals surface area (Å²) in [7, 11) is 1.87. The third-order valence-corrected chi connectivity index (χ3v) is 5.01. The Labute approximate surface area is 129 Å². The Morgan fingerprint density at radius 1 is 1.38 bits per heavy atom. The minimum atomic E-state index is -0.299. The van der Waals surface area contributed by atoms with Crippen molar-refractivity contribution in [2.45, 2.75) is 31.2 Å². The summed E-state index contributed by atoms with van der Waals surface area (Å²) < 4.78 is 13.9. The molecule has 2 aliphatic rings. The quantitative estimate of drug-likeness (QED) is 0.931. The number of nitrogens with zero attached hydrogens (tertiary/aromatic N) is 1. The fraction of sp³-hybridized carbons (Fsp3) is 0.562. The number of carbonyl (C=O) groups excluding carboxylic acids is 1. The zero-order valence-electron chi connectivity index (χ0n) is 12.1. The second-order valence-corrected chi connectivity index (χ2v) is 6.42. The third-order valence-electron chi connectivity index (χ3n) is 4.68. The highest BCUT2D eigenvalue weighted by molar-refractivity contribution is 6.31. The standard InChI is InChI=1S/C16H20ClFN2O/c1-20(10-5-7-19-8-6-10)16(21)12-9-11(12)15-13(17)3-2-4-14(15)18/h2-4,10-12,19H,5-9H2,1H3/t11-,12+/m0/s1. The van der Waals surface area contributed by atoms with Crippen LogP contribution in [0.5, 0.6) is 0 Å². The average Bonchev–Trinajstić information content (AvgIpc) is 3.27. The minimum absolute atomic E-state index is 0.0598. The number of rotatable bonds is 3. The second kappa shape index (κ2) is 5.93. The molecule has 1 N–H and O–H groups in total. The molecule has 3 rings (SSSR count). The van der Waals surface area contributed by atoms with Gasteiger partial charge in [-0.3, -0.25) is 4.79 Å². The van der Waals surface area contributed by atoms with Gasteiger partial charge in [-0.15, -0.1) is 0 Å². The number of hydrogen-bond donors (Lipinski definition) is 1. The van der Waals surface area contributed by atoms with Gasteiger partial charge in [-0.1, -0.05) is 17.7 Å². The van der Waals surface area contributed by atoms with E-state index in [1.807, 2.05) is 11.9 Å². The number of benzene rings is 1. The Kier molecular flexibility index (Phi) is 4.18. The summed E-state index contributed by atoms with van der Waals surface area (Å²) in [5.74, 6) is -0.340. The first kappa shape index (κ1) is 14.8. The van der Waals surface area contributed by atoms with Crippen LogP contribution in [0.3, 0.4) is 0 Å². The van der Waals surface area contributed by atoms with Crippen molar-refractivity contribution in [1.29, 1.82) is 0 Å². The normalized spacial score (nSPS) is 25.7. The molecule has 5 heteroatoms. The first-order chi connectivity index (χ1) is 10.1. The van der Waals surface area contributed by atoms with Gasteiger partial charge >= 0.3 is 0 Å². The van der Waals surface area contributed by atoms with E-state index >= 15 is 0 Å². The van der Waals surface area contributed by atoms with Crippen LogP contribution in [0.2, 0.25) is 5.02 Å². The number of hydrogen-bond acceptors (Lipinski definition) is 2. The lowest BCUT2D eigenvalue weighted by atomic mass is 10.0. The van der Waals surface area contributed by atoms with Crippen molar-refractivity contribution < 1.29 is 9.18 Å².